The summed E-state index contributed by atoms with van der Waals surface area (Å²) >= 11 is 0. The summed E-state index contributed by atoms with van der Waals surface area (Å²) in [4.78, 5) is 21.2. The van der Waals surface area contributed by atoms with Gasteiger partial charge in [-0.1, -0.05) is 182 Å². The van der Waals surface area contributed by atoms with Gasteiger partial charge >= 0.3 is 0 Å². The van der Waals surface area contributed by atoms with Gasteiger partial charge in [0, 0.05) is 61.2 Å². The number of rotatable bonds is 11. The number of benzene rings is 11. The highest BCUT2D eigenvalue weighted by atomic mass is 15.3. The van der Waals surface area contributed by atoms with Gasteiger partial charge in [0.25, 0.3) is 0 Å². The van der Waals surface area contributed by atoms with Crippen LogP contribution in [0.2, 0.25) is 0 Å². The fraction of sp³-hybridized carbons (Fsp3) is 0. The summed E-state index contributed by atoms with van der Waals surface area (Å²) in [5.41, 5.74) is 15.7. The van der Waals surface area contributed by atoms with E-state index in [1.54, 1.807) is 0 Å². The Bertz CT molecular complexity index is 4100. The average Bonchev–Trinajstić information content (AvgIpc) is 4.09. The molecule has 0 unspecified atom stereocenters. The first kappa shape index (κ1) is 44.3. The Hall–Kier alpha value is -10.4. The molecular formula is C69H47N7. The molecule has 0 aliphatic rings. The van der Waals surface area contributed by atoms with Crippen molar-refractivity contribution in [3.63, 3.8) is 0 Å². The molecule has 0 aliphatic carbocycles. The maximum atomic E-state index is 5.57. The molecule has 0 atom stereocenters. The highest BCUT2D eigenvalue weighted by molar-refractivity contribution is 6.12. The Morgan fingerprint density at radius 1 is 0.237 bits per heavy atom. The van der Waals surface area contributed by atoms with Crippen LogP contribution in [0.3, 0.4) is 0 Å². The molecule has 11 aromatic carbocycles. The van der Waals surface area contributed by atoms with Crippen molar-refractivity contribution < 1.29 is 0 Å². The van der Waals surface area contributed by atoms with E-state index in [0.717, 1.165) is 106 Å². The maximum Gasteiger partial charge on any atom is 0.240 e. The highest BCUT2D eigenvalue weighted by Gasteiger charge is 2.24. The first-order valence-corrected chi connectivity index (χ1v) is 25.6. The molecule has 0 radical (unpaired) electrons. The van der Waals surface area contributed by atoms with Crippen LogP contribution in [-0.2, 0) is 0 Å². The molecule has 0 spiro atoms. The van der Waals surface area contributed by atoms with E-state index in [9.17, 15) is 0 Å². The lowest BCUT2D eigenvalue weighted by Gasteiger charge is -2.25. The minimum absolute atomic E-state index is 0.513. The maximum absolute atomic E-state index is 5.57. The van der Waals surface area contributed by atoms with E-state index in [2.05, 4.69) is 304 Å². The molecule has 358 valence electrons. The van der Waals surface area contributed by atoms with E-state index >= 15 is 0 Å². The molecule has 3 aromatic heterocycles. The number of nitrogens with zero attached hydrogens (tertiary/aromatic N) is 7. The summed E-state index contributed by atoms with van der Waals surface area (Å²) in [5.74, 6) is 1.58. The predicted molar refractivity (Wildman–Crippen MR) is 314 cm³/mol. The smallest absolute Gasteiger partial charge is 0.240 e. The number of hydrogen-bond acceptors (Lipinski definition) is 5. The van der Waals surface area contributed by atoms with Crippen molar-refractivity contribution in [3.8, 4) is 45.5 Å². The minimum atomic E-state index is 0.513. The van der Waals surface area contributed by atoms with Crippen LogP contribution in [0.25, 0.3) is 89.2 Å². The summed E-state index contributed by atoms with van der Waals surface area (Å²) < 4.78 is 4.41. The fourth-order valence-corrected chi connectivity index (χ4v) is 10.9. The van der Waals surface area contributed by atoms with Crippen LogP contribution in [0.4, 0.5) is 34.1 Å². The molecule has 0 amide bonds. The molecule has 7 nitrogen and oxygen atoms in total. The van der Waals surface area contributed by atoms with Gasteiger partial charge in [0.2, 0.25) is 11.9 Å². The molecule has 14 rings (SSSR count). The number of aromatic nitrogens is 5. The van der Waals surface area contributed by atoms with Gasteiger partial charge in [-0.05, 0) is 125 Å². The van der Waals surface area contributed by atoms with Crippen molar-refractivity contribution >= 4 is 77.7 Å². The van der Waals surface area contributed by atoms with Crippen molar-refractivity contribution in [1.82, 2.24) is 24.1 Å². The normalized spacial score (nSPS) is 11.4. The number of hydrogen-bond donors (Lipinski definition) is 0. The van der Waals surface area contributed by atoms with Gasteiger partial charge in [0.15, 0.2) is 5.82 Å². The van der Waals surface area contributed by atoms with E-state index in [-0.39, 0.29) is 0 Å². The molecule has 7 heteroatoms. The Morgan fingerprint density at radius 3 is 1.05 bits per heavy atom. The summed E-state index contributed by atoms with van der Waals surface area (Å²) in [7, 11) is 0. The van der Waals surface area contributed by atoms with Crippen molar-refractivity contribution in [2.24, 2.45) is 0 Å². The molecular weight excluding hydrogens is 927 g/mol. The van der Waals surface area contributed by atoms with Crippen molar-refractivity contribution in [3.05, 3.63) is 285 Å². The van der Waals surface area contributed by atoms with E-state index in [1.807, 2.05) is 0 Å². The number of fused-ring (bicyclic) bond motifs is 6. The first-order chi connectivity index (χ1) is 37.7. The zero-order valence-corrected chi connectivity index (χ0v) is 41.3. The lowest BCUT2D eigenvalue weighted by atomic mass is 9.94. The third-order valence-electron chi connectivity index (χ3n) is 14.3. The second kappa shape index (κ2) is 18.9. The molecule has 76 heavy (non-hydrogen) atoms. The van der Waals surface area contributed by atoms with E-state index < -0.39 is 0 Å². The van der Waals surface area contributed by atoms with E-state index in [1.165, 1.54) is 0 Å². The van der Waals surface area contributed by atoms with Gasteiger partial charge in [0.05, 0.1) is 22.1 Å². The number of para-hydroxylation sites is 6. The second-order valence-electron chi connectivity index (χ2n) is 18.9. The van der Waals surface area contributed by atoms with Crippen molar-refractivity contribution in [2.75, 3.05) is 9.80 Å². The van der Waals surface area contributed by atoms with Gasteiger partial charge < -0.3 is 9.80 Å². The molecule has 3 heterocycles. The van der Waals surface area contributed by atoms with Gasteiger partial charge in [-0.2, -0.15) is 15.0 Å². The molecule has 0 saturated heterocycles. The van der Waals surface area contributed by atoms with Crippen LogP contribution in [0.15, 0.2) is 285 Å². The lowest BCUT2D eigenvalue weighted by molar-refractivity contribution is 0.893. The van der Waals surface area contributed by atoms with Crippen LogP contribution in [0.5, 0.6) is 0 Å². The summed E-state index contributed by atoms with van der Waals surface area (Å²) in [6, 6.07) is 100. The van der Waals surface area contributed by atoms with Gasteiger partial charge in [-0.25, -0.2) is 0 Å². The van der Waals surface area contributed by atoms with Crippen LogP contribution in [0.1, 0.15) is 0 Å². The van der Waals surface area contributed by atoms with Crippen LogP contribution in [-0.4, -0.2) is 24.1 Å². The standard InChI is InChI=1S/C69H47N7/c1-6-23-48(24-7-1)57-35-16-17-36-58(57)49-25-22-26-50(45-49)67-70-68(75-63-39-20-18-37-59(63)61-46-55(41-43-65(61)75)73(51-27-8-2-9-28-51)52-29-10-3-11-30-52)72-69(71-67)76-64-40-21-19-38-60(64)62-47-56(42-44-66(62)76)74(53-31-12-4-13-32-53)54-33-14-5-15-34-54/h1-47H. The van der Waals surface area contributed by atoms with E-state index in [0.29, 0.717) is 17.7 Å². The van der Waals surface area contributed by atoms with Crippen molar-refractivity contribution in [2.45, 2.75) is 0 Å². The van der Waals surface area contributed by atoms with Gasteiger partial charge in [0.1, 0.15) is 0 Å². The Labute approximate surface area is 440 Å². The van der Waals surface area contributed by atoms with Gasteiger partial charge in [-0.15, -0.1) is 0 Å². The fourth-order valence-electron chi connectivity index (χ4n) is 10.9. The molecule has 0 fully saturated rings. The largest absolute Gasteiger partial charge is 0.310 e. The zero-order valence-electron chi connectivity index (χ0n) is 41.3. The predicted octanol–water partition coefficient (Wildman–Crippen LogP) is 18.0. The summed E-state index contributed by atoms with van der Waals surface area (Å²) in [6.07, 6.45) is 0. The summed E-state index contributed by atoms with van der Waals surface area (Å²) in [6.45, 7) is 0. The SMILES string of the molecule is c1ccc(-c2ccccc2-c2cccc(-c3nc(-n4c5ccccc5c5cc(N(c6ccccc6)c6ccccc6)ccc54)nc(-n4c5ccccc5c5cc(N(c6ccccc6)c6ccccc6)ccc54)n3)c2)cc1. The van der Waals surface area contributed by atoms with E-state index in [4.69, 9.17) is 15.0 Å². The topological polar surface area (TPSA) is 55.0 Å². The van der Waals surface area contributed by atoms with Crippen LogP contribution in [0, 0.1) is 0 Å². The highest BCUT2D eigenvalue weighted by Crippen LogP contribution is 2.42. The molecule has 14 aromatic rings. The minimum Gasteiger partial charge on any atom is -0.310 e. The second-order valence-corrected chi connectivity index (χ2v) is 18.9. The Balaban J connectivity index is 1.000. The Kier molecular flexibility index (Phi) is 11.0. The third kappa shape index (κ3) is 7.82. The molecule has 0 bridgehead atoms. The quantitative estimate of drug-likeness (QED) is 0.129. The average molecular weight is 974 g/mol. The number of anilines is 6. The zero-order chi connectivity index (χ0) is 50.4. The van der Waals surface area contributed by atoms with Crippen molar-refractivity contribution in [1.29, 1.82) is 0 Å². The summed E-state index contributed by atoms with van der Waals surface area (Å²) in [5, 5.41) is 4.35. The third-order valence-corrected chi connectivity index (χ3v) is 14.3. The Morgan fingerprint density at radius 2 is 0.592 bits per heavy atom. The van der Waals surface area contributed by atoms with Gasteiger partial charge in [-0.3, -0.25) is 9.13 Å². The molecule has 0 N–H and O–H groups in total. The van der Waals surface area contributed by atoms with Crippen LogP contribution >= 0.6 is 0 Å². The molecule has 0 aliphatic heterocycles. The first-order valence-electron chi connectivity index (χ1n) is 25.6. The molecule has 0 saturated carbocycles. The lowest BCUT2D eigenvalue weighted by Crippen LogP contribution is -2.11. The van der Waals surface area contributed by atoms with Crippen LogP contribution < -0.4 is 9.80 Å². The monoisotopic (exact) mass is 973 g/mol.